The molecule has 2 aromatic rings. The van der Waals surface area contributed by atoms with Gasteiger partial charge in [-0.25, -0.2) is 4.39 Å². The number of carbonyl (C=O) groups is 1. The van der Waals surface area contributed by atoms with Gasteiger partial charge in [0, 0.05) is 12.1 Å². The summed E-state index contributed by atoms with van der Waals surface area (Å²) >= 11 is 0. The molecule has 0 fully saturated rings. The first kappa shape index (κ1) is 17.6. The van der Waals surface area contributed by atoms with Gasteiger partial charge in [0.1, 0.15) is 5.82 Å². The number of amides is 1. The molecule has 24 heavy (non-hydrogen) atoms. The molecule has 128 valence electrons. The van der Waals surface area contributed by atoms with Crippen LogP contribution in [0.1, 0.15) is 11.1 Å². The van der Waals surface area contributed by atoms with Gasteiger partial charge in [0.2, 0.25) is 11.7 Å². The summed E-state index contributed by atoms with van der Waals surface area (Å²) in [7, 11) is 4.57. The van der Waals surface area contributed by atoms with Crippen molar-refractivity contribution in [3.63, 3.8) is 0 Å². The first-order valence-corrected chi connectivity index (χ1v) is 7.38. The van der Waals surface area contributed by atoms with Crippen molar-refractivity contribution in [2.24, 2.45) is 0 Å². The number of hydrogen-bond donors (Lipinski definition) is 1. The van der Waals surface area contributed by atoms with Gasteiger partial charge in [-0.2, -0.15) is 0 Å². The Hall–Kier alpha value is -2.76. The number of carbonyl (C=O) groups excluding carboxylic acids is 1. The quantitative estimate of drug-likeness (QED) is 0.846. The van der Waals surface area contributed by atoms with Crippen LogP contribution in [0.5, 0.6) is 17.2 Å². The summed E-state index contributed by atoms with van der Waals surface area (Å²) in [6, 6.07) is 9.73. The molecule has 0 saturated carbocycles. The number of methoxy groups -OCH3 is 3. The van der Waals surface area contributed by atoms with Crippen LogP contribution in [0.3, 0.4) is 0 Å². The van der Waals surface area contributed by atoms with Crippen molar-refractivity contribution in [1.29, 1.82) is 0 Å². The second-order valence-electron chi connectivity index (χ2n) is 5.04. The fourth-order valence-corrected chi connectivity index (χ4v) is 2.37. The summed E-state index contributed by atoms with van der Waals surface area (Å²) in [5, 5.41) is 2.76. The van der Waals surface area contributed by atoms with E-state index in [9.17, 15) is 9.18 Å². The van der Waals surface area contributed by atoms with Crippen molar-refractivity contribution >= 4 is 5.91 Å². The van der Waals surface area contributed by atoms with Gasteiger partial charge in [0.25, 0.3) is 0 Å². The van der Waals surface area contributed by atoms with Crippen molar-refractivity contribution in [2.45, 2.75) is 13.0 Å². The first-order chi connectivity index (χ1) is 11.6. The highest BCUT2D eigenvalue weighted by molar-refractivity contribution is 5.78. The zero-order valence-corrected chi connectivity index (χ0v) is 13.9. The van der Waals surface area contributed by atoms with Crippen LogP contribution in [0.25, 0.3) is 0 Å². The summed E-state index contributed by atoms with van der Waals surface area (Å²) < 4.78 is 29.5. The Kier molecular flexibility index (Phi) is 6.01. The number of halogens is 1. The van der Waals surface area contributed by atoms with E-state index in [1.807, 2.05) is 0 Å². The second-order valence-corrected chi connectivity index (χ2v) is 5.04. The van der Waals surface area contributed by atoms with E-state index in [0.29, 0.717) is 22.8 Å². The Bertz CT molecular complexity index is 718. The maximum Gasteiger partial charge on any atom is 0.224 e. The summed E-state index contributed by atoms with van der Waals surface area (Å²) in [6.07, 6.45) is -0.0255. The lowest BCUT2D eigenvalue weighted by Crippen LogP contribution is -2.25. The average molecular weight is 333 g/mol. The number of nitrogens with one attached hydrogen (secondary N) is 1. The van der Waals surface area contributed by atoms with Crippen molar-refractivity contribution in [3.8, 4) is 17.2 Å². The minimum atomic E-state index is -0.392. The molecule has 0 atom stereocenters. The highest BCUT2D eigenvalue weighted by Gasteiger charge is 2.16. The van der Waals surface area contributed by atoms with Crippen LogP contribution in [0, 0.1) is 5.82 Å². The highest BCUT2D eigenvalue weighted by atomic mass is 19.1. The van der Waals surface area contributed by atoms with Gasteiger partial charge in [0.05, 0.1) is 27.8 Å². The molecule has 0 unspecified atom stereocenters. The summed E-state index contributed by atoms with van der Waals surface area (Å²) in [6.45, 7) is 0.233. The topological polar surface area (TPSA) is 56.8 Å². The van der Waals surface area contributed by atoms with Gasteiger partial charge < -0.3 is 19.5 Å². The van der Waals surface area contributed by atoms with Crippen molar-refractivity contribution in [3.05, 3.63) is 53.3 Å². The van der Waals surface area contributed by atoms with Crippen LogP contribution in [0.15, 0.2) is 36.4 Å². The predicted molar refractivity (Wildman–Crippen MR) is 88.0 cm³/mol. The van der Waals surface area contributed by atoms with Gasteiger partial charge in [-0.3, -0.25) is 4.79 Å². The molecule has 1 amide bonds. The Balaban J connectivity index is 2.09. The normalized spacial score (nSPS) is 10.2. The van der Waals surface area contributed by atoms with Crippen molar-refractivity contribution < 1.29 is 23.4 Å². The number of benzene rings is 2. The Morgan fingerprint density at radius 1 is 0.958 bits per heavy atom. The number of ether oxygens (including phenoxy) is 3. The van der Waals surface area contributed by atoms with Gasteiger partial charge in [-0.15, -0.1) is 0 Å². The molecule has 0 radical (unpaired) electrons. The fourth-order valence-electron chi connectivity index (χ4n) is 2.37. The zero-order chi connectivity index (χ0) is 17.5. The van der Waals surface area contributed by atoms with E-state index in [0.717, 1.165) is 5.56 Å². The summed E-state index contributed by atoms with van der Waals surface area (Å²) in [5.41, 5.74) is 1.09. The SMILES string of the molecule is COc1ccc(CNC(=O)Cc2ccccc2F)c(OC)c1OC. The van der Waals surface area contributed by atoms with Crippen LogP contribution in [0.2, 0.25) is 0 Å². The lowest BCUT2D eigenvalue weighted by atomic mass is 10.1. The lowest BCUT2D eigenvalue weighted by Gasteiger charge is -2.16. The Labute approximate surface area is 140 Å². The zero-order valence-electron chi connectivity index (χ0n) is 13.9. The first-order valence-electron chi connectivity index (χ1n) is 7.38. The monoisotopic (exact) mass is 333 g/mol. The van der Waals surface area contributed by atoms with E-state index in [1.54, 1.807) is 30.3 Å². The van der Waals surface area contributed by atoms with Crippen LogP contribution in [-0.4, -0.2) is 27.2 Å². The fraction of sp³-hybridized carbons (Fsp3) is 0.278. The third-order valence-electron chi connectivity index (χ3n) is 3.57. The molecule has 0 aromatic heterocycles. The Morgan fingerprint density at radius 2 is 1.67 bits per heavy atom. The molecule has 0 aliphatic carbocycles. The molecule has 0 aliphatic rings. The van der Waals surface area contributed by atoms with Crippen LogP contribution in [0.4, 0.5) is 4.39 Å². The molecule has 0 heterocycles. The van der Waals surface area contributed by atoms with Crippen LogP contribution < -0.4 is 19.5 Å². The van der Waals surface area contributed by atoms with Crippen LogP contribution >= 0.6 is 0 Å². The highest BCUT2D eigenvalue weighted by Crippen LogP contribution is 2.39. The molecule has 2 aromatic carbocycles. The molecule has 2 rings (SSSR count). The smallest absolute Gasteiger partial charge is 0.224 e. The minimum absolute atomic E-state index is 0.0255. The summed E-state index contributed by atoms with van der Waals surface area (Å²) in [4.78, 5) is 12.0. The number of hydrogen-bond acceptors (Lipinski definition) is 4. The molecule has 0 aliphatic heterocycles. The lowest BCUT2D eigenvalue weighted by molar-refractivity contribution is -0.120. The van der Waals surface area contributed by atoms with E-state index >= 15 is 0 Å². The largest absolute Gasteiger partial charge is 0.493 e. The van der Waals surface area contributed by atoms with Gasteiger partial charge in [-0.1, -0.05) is 18.2 Å². The van der Waals surface area contributed by atoms with Gasteiger partial charge in [-0.05, 0) is 23.8 Å². The van der Waals surface area contributed by atoms with Crippen LogP contribution in [-0.2, 0) is 17.8 Å². The van der Waals surface area contributed by atoms with E-state index < -0.39 is 5.82 Å². The summed E-state index contributed by atoms with van der Waals surface area (Å²) in [5.74, 6) is 0.813. The molecule has 6 heteroatoms. The van der Waals surface area contributed by atoms with Gasteiger partial charge in [0.15, 0.2) is 11.5 Å². The maximum atomic E-state index is 13.6. The second kappa shape index (κ2) is 8.19. The molecule has 0 spiro atoms. The van der Waals surface area contributed by atoms with Gasteiger partial charge >= 0.3 is 0 Å². The van der Waals surface area contributed by atoms with Crippen molar-refractivity contribution in [2.75, 3.05) is 21.3 Å². The molecular weight excluding hydrogens is 313 g/mol. The number of rotatable bonds is 7. The maximum absolute atomic E-state index is 13.6. The molecule has 0 bridgehead atoms. The predicted octanol–water partition coefficient (Wildman–Crippen LogP) is 2.71. The molecule has 0 saturated heterocycles. The van der Waals surface area contributed by atoms with E-state index in [1.165, 1.54) is 27.4 Å². The third-order valence-corrected chi connectivity index (χ3v) is 3.57. The van der Waals surface area contributed by atoms with E-state index in [4.69, 9.17) is 14.2 Å². The van der Waals surface area contributed by atoms with Crippen molar-refractivity contribution in [1.82, 2.24) is 5.32 Å². The van der Waals surface area contributed by atoms with E-state index in [-0.39, 0.29) is 18.9 Å². The van der Waals surface area contributed by atoms with E-state index in [2.05, 4.69) is 5.32 Å². The Morgan fingerprint density at radius 3 is 2.29 bits per heavy atom. The minimum Gasteiger partial charge on any atom is -0.493 e. The molecule has 1 N–H and O–H groups in total. The third kappa shape index (κ3) is 3.95. The molecule has 5 nitrogen and oxygen atoms in total. The average Bonchev–Trinajstić information content (AvgIpc) is 2.60. The standard InChI is InChI=1S/C18H20FNO4/c1-22-15-9-8-13(17(23-2)18(15)24-3)11-20-16(21)10-12-6-4-5-7-14(12)19/h4-9H,10-11H2,1-3H3,(H,20,21). The molecular formula is C18H20FNO4.